The Morgan fingerprint density at radius 3 is 1.28 bits per heavy atom. The molecule has 1 amide bonds. The summed E-state index contributed by atoms with van der Waals surface area (Å²) in [5.74, 6) is 2.30. The topological polar surface area (TPSA) is 308 Å². The van der Waals surface area contributed by atoms with Crippen molar-refractivity contribution >= 4 is 96.4 Å². The highest BCUT2D eigenvalue weighted by Gasteiger charge is 2.49. The molecule has 18 rings (SSSR count). The molecule has 0 aliphatic carbocycles. The van der Waals surface area contributed by atoms with Crippen molar-refractivity contribution in [2.24, 2.45) is 58.8 Å². The quantitative estimate of drug-likeness (QED) is 0.0103. The molecule has 19 atom stereocenters. The molecule has 23 nitrogen and oxygen atoms in total. The maximum Gasteiger partial charge on any atom is 0.331 e. The van der Waals surface area contributed by atoms with Gasteiger partial charge in [-0.3, -0.25) is 53.3 Å². The summed E-state index contributed by atoms with van der Waals surface area (Å²) in [6, 6.07) is 75.9. The van der Waals surface area contributed by atoms with E-state index in [1.54, 1.807) is 11.1 Å². The number of methoxy groups -OCH3 is 1. The third-order valence-corrected chi connectivity index (χ3v) is 29.4. The molecule has 138 heavy (non-hydrogen) atoms. The molecule has 11 aliphatic heterocycles. The second-order valence-corrected chi connectivity index (χ2v) is 39.2. The van der Waals surface area contributed by atoms with Crippen LogP contribution in [0.15, 0.2) is 224 Å². The number of hydrogen-bond donors (Lipinski definition) is 7. The van der Waals surface area contributed by atoms with Crippen LogP contribution in [0.3, 0.4) is 0 Å². The van der Waals surface area contributed by atoms with Crippen molar-refractivity contribution in [2.45, 2.75) is 187 Å². The van der Waals surface area contributed by atoms with Crippen molar-refractivity contribution in [2.75, 3.05) is 137 Å². The van der Waals surface area contributed by atoms with E-state index in [4.69, 9.17) is 53.6 Å². The van der Waals surface area contributed by atoms with E-state index in [1.807, 2.05) is 80.6 Å². The summed E-state index contributed by atoms with van der Waals surface area (Å²) in [4.78, 5) is 92.7. The molecule has 0 spiro atoms. The maximum absolute atomic E-state index is 11.8. The van der Waals surface area contributed by atoms with Crippen molar-refractivity contribution in [3.05, 3.63) is 263 Å². The second kappa shape index (κ2) is 62.9. The van der Waals surface area contributed by atoms with Crippen molar-refractivity contribution in [1.82, 2.24) is 34.3 Å². The number of hydrogen-bond acceptors (Lipinski definition) is 18. The summed E-state index contributed by atoms with van der Waals surface area (Å²) in [5, 5.41) is 41.3. The summed E-state index contributed by atoms with van der Waals surface area (Å²) >= 11 is 5.90. The standard InChI is InChI=1S/C15H21NO2.C15H20NO.C14H20N2.C13H18ClN.C13H15NO3.C13H19NO.C8H11N.C7H14N2.C7H11NO.C5H6O4.4ClH/c1-12(14-6-4-3-5-7-14)16-9-8-13(11-16)10-15(17)18-2;1-12(14-5-3-2-4-6-14)16-8-7-13(10-16)9-15(17)11-16;1-12(14-5-3-2-4-6-14)16-10-8-13(11-16)7-9-15;1-11(13-5-3-2-4-6-13)15-8-7-12(9-14)10-15;1-9(10-5-3-2-4-6-10)14-8-11(13(16)17)7-12(14)15;1-11(13-5-3-2-4-6-13)14-8-7-12(9-14)10-15;1-7(9)8-5-3-2-4-6-8;8-7-3-6-1-2-9(4-6)5-7;9-7-3-6-1-2-8(4-6)5-7;1-3(5(8)9)2-4(6)7;;;;/h3-7,12-13H,8-11H2,1-2H3;2-6,12-13H,7-11H2,1H3;2-6,9,12-13,15H,7-8,10-11H2,1H3;2-6,11-12H,7-10H2,1H3;2-6,9,11H,7-8H2,1H3,(H,16,17);2-6,11-12,15H,7-10H2,1H3;2-7H,9H2,1H3;6-7H,1-5,8H2;6H,1-5H2;1-2H2,(H,6,7)(H,8,9);4*1H/q;+1;;;;;;;;;;;;/p-1/t12-,13+;12-,13+,16?;12-,13-;11-,12+;9-,11-;11-,12-;7-;6-,7?;6-;;;;;/m000000011...../s1. The number of carboxylic acids is 3. The zero-order valence-electron chi connectivity index (χ0n) is 82.5. The van der Waals surface area contributed by atoms with Crippen LogP contribution in [0, 0.1) is 52.8 Å². The predicted molar refractivity (Wildman–Crippen MR) is 557 cm³/mol. The van der Waals surface area contributed by atoms with Gasteiger partial charge in [-0.05, 0) is 214 Å². The molecule has 11 aliphatic rings. The van der Waals surface area contributed by atoms with Gasteiger partial charge in [0.05, 0.1) is 45.1 Å². The number of rotatable bonds is 23. The van der Waals surface area contributed by atoms with Crippen molar-refractivity contribution in [3.63, 3.8) is 0 Å². The minimum atomic E-state index is -1.27. The van der Waals surface area contributed by atoms with Crippen LogP contribution in [0.1, 0.15) is 220 Å². The summed E-state index contributed by atoms with van der Waals surface area (Å²) in [5.41, 5.74) is 20.3. The third kappa shape index (κ3) is 39.2. The number of alkyl halides is 1. The first-order chi connectivity index (χ1) is 64.4. The van der Waals surface area contributed by atoms with Gasteiger partial charge < -0.3 is 68.7 Å². The number of carbonyl (C=O) groups excluding carboxylic acids is 4. The Bertz CT molecular complexity index is 4600. The van der Waals surface area contributed by atoms with Gasteiger partial charge in [-0.1, -0.05) is 219 Å². The minimum Gasteiger partial charge on any atom is -1.00 e. The monoisotopic (exact) mass is 2000 g/mol. The number of likely N-dealkylation sites (tertiary alicyclic amines) is 5. The molecule has 7 aromatic carbocycles. The Hall–Kier alpha value is -8.31. The number of esters is 1. The van der Waals surface area contributed by atoms with E-state index in [2.05, 4.69) is 216 Å². The molecule has 0 saturated carbocycles. The highest BCUT2D eigenvalue weighted by Crippen LogP contribution is 2.41. The van der Waals surface area contributed by atoms with Crippen molar-refractivity contribution in [3.8, 4) is 0 Å². The molecule has 11 fully saturated rings. The Morgan fingerprint density at radius 2 is 0.891 bits per heavy atom. The van der Waals surface area contributed by atoms with Crippen LogP contribution >= 0.6 is 48.8 Å². The molecule has 11 heterocycles. The van der Waals surface area contributed by atoms with Gasteiger partial charge in [0.1, 0.15) is 18.4 Å². The number of quaternary nitrogens is 1. The summed E-state index contributed by atoms with van der Waals surface area (Å²) in [6.07, 6.45) is 14.2. The molecule has 9 N–H and O–H groups in total. The van der Waals surface area contributed by atoms with Crippen LogP contribution < -0.4 is 23.9 Å². The van der Waals surface area contributed by atoms with E-state index in [0.717, 1.165) is 119 Å². The first kappa shape index (κ1) is 120. The van der Waals surface area contributed by atoms with E-state index >= 15 is 0 Å². The van der Waals surface area contributed by atoms with E-state index in [0.29, 0.717) is 103 Å². The maximum atomic E-state index is 11.8. The first-order valence-corrected chi connectivity index (χ1v) is 49.5. The number of carbonyl (C=O) groups is 7. The van der Waals surface area contributed by atoms with Gasteiger partial charge in [0.15, 0.2) is 5.78 Å². The van der Waals surface area contributed by atoms with E-state index < -0.39 is 30.2 Å². The number of nitrogens with one attached hydrogen (secondary N) is 1. The van der Waals surface area contributed by atoms with Crippen LogP contribution in [0.4, 0.5) is 0 Å². The lowest BCUT2D eigenvalue weighted by Gasteiger charge is -2.42. The molecular weight excluding hydrogens is 1840 g/mol. The Balaban J connectivity index is 0.000000272. The van der Waals surface area contributed by atoms with E-state index in [9.17, 15) is 33.6 Å². The lowest BCUT2D eigenvalue weighted by Crippen LogP contribution is -3.00. The molecule has 0 aromatic heterocycles. The minimum absolute atomic E-state index is 0. The average molecular weight is 2000 g/mol. The molecule has 0 radical (unpaired) electrons. The Morgan fingerprint density at radius 1 is 0.493 bits per heavy atom. The fourth-order valence-electron chi connectivity index (χ4n) is 20.6. The zero-order chi connectivity index (χ0) is 96.6. The van der Waals surface area contributed by atoms with Crippen LogP contribution in [0.5, 0.6) is 0 Å². The lowest BCUT2D eigenvalue weighted by molar-refractivity contribution is -0.940. The van der Waals surface area contributed by atoms with Crippen LogP contribution in [-0.2, 0) is 38.3 Å². The highest BCUT2D eigenvalue weighted by atomic mass is 35.5. The van der Waals surface area contributed by atoms with E-state index in [-0.39, 0.29) is 85.6 Å². The molecule has 760 valence electrons. The fourth-order valence-corrected chi connectivity index (χ4v) is 20.9. The van der Waals surface area contributed by atoms with Gasteiger partial charge >= 0.3 is 23.9 Å². The Labute approximate surface area is 852 Å². The van der Waals surface area contributed by atoms with Crippen LogP contribution in [-0.4, -0.2) is 250 Å². The number of amides is 1. The van der Waals surface area contributed by atoms with Gasteiger partial charge in [0.2, 0.25) is 5.91 Å². The number of nitrogens with zero attached hydrogens (tertiary/aromatic N) is 8. The molecule has 7 aromatic rings. The van der Waals surface area contributed by atoms with Crippen molar-refractivity contribution in [1.29, 1.82) is 5.41 Å². The van der Waals surface area contributed by atoms with Crippen molar-refractivity contribution < 1.29 is 75.6 Å². The Kier molecular flexibility index (Phi) is 54.7. The molecule has 6 bridgehead atoms. The second-order valence-electron chi connectivity index (χ2n) is 38.9. The SMILES string of the molecule is C=C(CC(=O)O)C(=O)O.COC(=O)C[C@H]1CCN([C@@H](C)c2ccccc2)C1.C[C@@H](c1ccccc1)N1CC[C@H](CC=N)C1.C[C@@H](c1ccccc1)N1CC[C@H](CCl)C1.C[C@@H](c1ccccc1)N1CC[C@H](CO)C1.C[C@@H](c1ccccc1)N1C[C@@H](C(=O)O)CC1=O.C[C@@H](c1ccccc1)[N+]12CC[C@H](CC(=O)C1)C2.C[C@H](N)c1ccccc1.Cl.Cl.Cl.NC1C[C@H]2CCN(C1)C2.O=C1C[C@H]2CCN(C1)C2.[Cl-]. The largest absolute Gasteiger partial charge is 1.00 e. The molecule has 4 unspecified atom stereocenters. The number of piperidine rings is 3. The summed E-state index contributed by atoms with van der Waals surface area (Å²) in [6.45, 7) is 37.8. The number of ketones is 2. The van der Waals surface area contributed by atoms with Crippen LogP contribution in [0.2, 0.25) is 0 Å². The number of nitrogens with two attached hydrogens (primary N) is 2. The molecular formula is C110H158Cl5N11O12. The van der Waals surface area contributed by atoms with Gasteiger partial charge in [-0.2, -0.15) is 0 Å². The first-order valence-electron chi connectivity index (χ1n) is 49.0. The number of aliphatic carboxylic acids is 3. The number of aliphatic hydroxyl groups excluding tert-OH is 1. The number of Topliss-reactive ketones (excluding diaryl/α,β-unsaturated/α-hetero) is 2. The number of ether oxygens (including phenoxy) is 1. The van der Waals surface area contributed by atoms with E-state index in [1.165, 1.54) is 125 Å². The predicted octanol–water partition coefficient (Wildman–Crippen LogP) is 15.7. The number of carboxylic acid groups (broad SMARTS) is 3. The smallest absolute Gasteiger partial charge is 0.331 e. The van der Waals surface area contributed by atoms with Crippen LogP contribution in [0.25, 0.3) is 0 Å². The molecule has 28 heteroatoms. The number of benzene rings is 7. The summed E-state index contributed by atoms with van der Waals surface area (Å²) in [7, 11) is 1.46. The fraction of sp³-hybridized carbons (Fsp3) is 0.527. The lowest BCUT2D eigenvalue weighted by atomic mass is 9.96. The van der Waals surface area contributed by atoms with Gasteiger partial charge in [0, 0.05) is 150 Å². The normalized spacial score (nSPS) is 25.0. The number of halogens is 5. The number of aliphatic hydroxyl groups is 1. The zero-order valence-corrected chi connectivity index (χ0v) is 86.5. The van der Waals surface area contributed by atoms with Gasteiger partial charge in [-0.25, -0.2) is 4.79 Å². The number of fused-ring (bicyclic) bond motifs is 6. The average Bonchev–Trinajstić information content (AvgIpc) is 1.61. The summed E-state index contributed by atoms with van der Waals surface area (Å²) < 4.78 is 5.74. The third-order valence-electron chi connectivity index (χ3n) is 28.9. The van der Waals surface area contributed by atoms with Gasteiger partial charge in [0.25, 0.3) is 0 Å². The molecule has 11 saturated heterocycles. The van der Waals surface area contributed by atoms with Gasteiger partial charge in [-0.15, -0.1) is 48.8 Å². The highest BCUT2D eigenvalue weighted by molar-refractivity contribution is 6.18.